The second-order valence-corrected chi connectivity index (χ2v) is 7.13. The first kappa shape index (κ1) is 14.3. The molecule has 2 saturated carbocycles. The lowest BCUT2D eigenvalue weighted by Gasteiger charge is -2.20. The van der Waals surface area contributed by atoms with Crippen LogP contribution in [0.4, 0.5) is 0 Å². The number of rotatable bonds is 5. The van der Waals surface area contributed by atoms with E-state index in [9.17, 15) is 5.11 Å². The third kappa shape index (κ3) is 1.77. The molecule has 1 aromatic rings. The first-order valence-electron chi connectivity index (χ1n) is 8.35. The second-order valence-electron chi connectivity index (χ2n) is 7.13. The van der Waals surface area contributed by atoms with Gasteiger partial charge in [-0.05, 0) is 44.0 Å². The van der Waals surface area contributed by atoms with E-state index in [-0.39, 0.29) is 17.6 Å². The topological polar surface area (TPSA) is 41.9 Å². The summed E-state index contributed by atoms with van der Waals surface area (Å²) in [6, 6.07) is 4.21. The van der Waals surface area contributed by atoms with Crippen LogP contribution in [-0.4, -0.2) is 42.9 Å². The Morgan fingerprint density at radius 2 is 2.27 bits per heavy atom. The van der Waals surface area contributed by atoms with Crippen LogP contribution in [-0.2, 0) is 12.0 Å². The molecule has 0 saturated heterocycles. The number of methoxy groups -OCH3 is 1. The first-order valence-corrected chi connectivity index (χ1v) is 8.35. The number of benzene rings is 1. The fourth-order valence-corrected chi connectivity index (χ4v) is 4.77. The van der Waals surface area contributed by atoms with E-state index in [1.165, 1.54) is 11.1 Å². The van der Waals surface area contributed by atoms with Crippen molar-refractivity contribution in [3.63, 3.8) is 0 Å². The zero-order chi connectivity index (χ0) is 15.5. The highest BCUT2D eigenvalue weighted by Crippen LogP contribution is 2.71. The molecule has 4 atom stereocenters. The summed E-state index contributed by atoms with van der Waals surface area (Å²) in [6.45, 7) is 4.22. The molecule has 4 nitrogen and oxygen atoms in total. The van der Waals surface area contributed by atoms with Gasteiger partial charge in [-0.1, -0.05) is 13.0 Å². The lowest BCUT2D eigenvalue weighted by Crippen LogP contribution is -2.24. The summed E-state index contributed by atoms with van der Waals surface area (Å²) in [5.41, 5.74) is 2.72. The molecule has 0 amide bonds. The number of fused-ring (bicyclic) bond motifs is 1. The number of ether oxygens (including phenoxy) is 2. The highest BCUT2D eigenvalue weighted by Gasteiger charge is 2.73. The molecular formula is C18H25NO3. The standard InChI is InChI=1S/C18H25NO3/c1-4-7-19(2)10-11-5-6-14(21-3)17-16(11)18-9-12(18)13(20)8-15(18)22-17/h5-6,12-13,15,20H,4,7-10H2,1-3H3/t12?,13-,15-,18?/m0/s1. The van der Waals surface area contributed by atoms with Crippen molar-refractivity contribution in [1.82, 2.24) is 4.90 Å². The Bertz CT molecular complexity index is 602. The molecule has 3 aliphatic rings. The van der Waals surface area contributed by atoms with Crippen molar-refractivity contribution in [2.45, 2.75) is 50.4 Å². The molecule has 1 aliphatic heterocycles. The third-order valence-electron chi connectivity index (χ3n) is 5.75. The van der Waals surface area contributed by atoms with Crippen molar-refractivity contribution in [2.24, 2.45) is 5.92 Å². The molecule has 2 unspecified atom stereocenters. The van der Waals surface area contributed by atoms with Crippen LogP contribution in [0.25, 0.3) is 0 Å². The van der Waals surface area contributed by atoms with Gasteiger partial charge < -0.3 is 19.5 Å². The zero-order valence-corrected chi connectivity index (χ0v) is 13.6. The molecule has 0 radical (unpaired) electrons. The maximum absolute atomic E-state index is 10.2. The van der Waals surface area contributed by atoms with Crippen molar-refractivity contribution >= 4 is 0 Å². The lowest BCUT2D eigenvalue weighted by molar-refractivity contribution is 0.122. The predicted octanol–water partition coefficient (Wildman–Crippen LogP) is 2.32. The molecule has 4 heteroatoms. The van der Waals surface area contributed by atoms with Gasteiger partial charge in [-0.3, -0.25) is 0 Å². The molecular weight excluding hydrogens is 278 g/mol. The van der Waals surface area contributed by atoms with Crippen molar-refractivity contribution in [2.75, 3.05) is 20.7 Å². The van der Waals surface area contributed by atoms with E-state index in [1.807, 2.05) is 6.07 Å². The minimum Gasteiger partial charge on any atom is -0.493 e. The van der Waals surface area contributed by atoms with E-state index in [1.54, 1.807) is 7.11 Å². The maximum Gasteiger partial charge on any atom is 0.165 e. The SMILES string of the molecule is CCCN(C)Cc1ccc(OC)c2c1C13CC1[C@@H](O)C[C@@H]3O2. The summed E-state index contributed by atoms with van der Waals surface area (Å²) in [7, 11) is 3.87. The van der Waals surface area contributed by atoms with Crippen LogP contribution in [0.15, 0.2) is 12.1 Å². The van der Waals surface area contributed by atoms with E-state index >= 15 is 0 Å². The Morgan fingerprint density at radius 1 is 1.45 bits per heavy atom. The fraction of sp³-hybridized carbons (Fsp3) is 0.667. The zero-order valence-electron chi connectivity index (χ0n) is 13.6. The molecule has 22 heavy (non-hydrogen) atoms. The Hall–Kier alpha value is -1.26. The van der Waals surface area contributed by atoms with Crippen LogP contribution < -0.4 is 9.47 Å². The van der Waals surface area contributed by atoms with Crippen LogP contribution in [0, 0.1) is 5.92 Å². The van der Waals surface area contributed by atoms with Gasteiger partial charge in [-0.2, -0.15) is 0 Å². The van der Waals surface area contributed by atoms with Crippen LogP contribution in [0.5, 0.6) is 11.5 Å². The van der Waals surface area contributed by atoms with Gasteiger partial charge in [0.1, 0.15) is 6.10 Å². The monoisotopic (exact) mass is 303 g/mol. The van der Waals surface area contributed by atoms with Crippen molar-refractivity contribution in [1.29, 1.82) is 0 Å². The normalized spacial score (nSPS) is 34.1. The number of nitrogens with zero attached hydrogens (tertiary/aromatic N) is 1. The Balaban J connectivity index is 1.75. The quantitative estimate of drug-likeness (QED) is 0.906. The van der Waals surface area contributed by atoms with Crippen molar-refractivity contribution in [3.8, 4) is 11.5 Å². The number of aliphatic hydroxyl groups is 1. The molecule has 1 heterocycles. The maximum atomic E-state index is 10.2. The summed E-state index contributed by atoms with van der Waals surface area (Å²) >= 11 is 0. The smallest absolute Gasteiger partial charge is 0.165 e. The number of hydrogen-bond donors (Lipinski definition) is 1. The summed E-state index contributed by atoms with van der Waals surface area (Å²) in [5, 5.41) is 10.2. The van der Waals surface area contributed by atoms with Gasteiger partial charge in [0.2, 0.25) is 0 Å². The van der Waals surface area contributed by atoms with Gasteiger partial charge in [-0.15, -0.1) is 0 Å². The largest absolute Gasteiger partial charge is 0.493 e. The minimum atomic E-state index is -0.203. The molecule has 1 aromatic carbocycles. The Morgan fingerprint density at radius 3 is 2.95 bits per heavy atom. The summed E-state index contributed by atoms with van der Waals surface area (Å²) in [5.74, 6) is 2.14. The number of aliphatic hydroxyl groups excluding tert-OH is 1. The molecule has 2 aliphatic carbocycles. The fourth-order valence-electron chi connectivity index (χ4n) is 4.77. The van der Waals surface area contributed by atoms with Gasteiger partial charge in [0.05, 0.1) is 13.2 Å². The van der Waals surface area contributed by atoms with Crippen molar-refractivity contribution in [3.05, 3.63) is 23.3 Å². The average Bonchev–Trinajstić information content (AvgIpc) is 3.05. The third-order valence-corrected chi connectivity index (χ3v) is 5.75. The highest BCUT2D eigenvalue weighted by atomic mass is 16.5. The number of hydrogen-bond acceptors (Lipinski definition) is 4. The summed E-state index contributed by atoms with van der Waals surface area (Å²) in [4.78, 5) is 2.36. The van der Waals surface area contributed by atoms with Crippen LogP contribution >= 0.6 is 0 Å². The van der Waals surface area contributed by atoms with Gasteiger partial charge in [0.25, 0.3) is 0 Å². The van der Waals surface area contributed by atoms with E-state index in [0.717, 1.165) is 43.9 Å². The van der Waals surface area contributed by atoms with E-state index in [2.05, 4.69) is 24.9 Å². The second kappa shape index (κ2) is 4.87. The molecule has 1 N–H and O–H groups in total. The Kier molecular flexibility index (Phi) is 3.17. The summed E-state index contributed by atoms with van der Waals surface area (Å²) in [6.07, 6.45) is 2.90. The van der Waals surface area contributed by atoms with Gasteiger partial charge in [-0.25, -0.2) is 0 Å². The van der Waals surface area contributed by atoms with Gasteiger partial charge in [0.15, 0.2) is 11.5 Å². The van der Waals surface area contributed by atoms with Gasteiger partial charge in [0, 0.05) is 23.9 Å². The highest BCUT2D eigenvalue weighted by molar-refractivity contribution is 5.62. The molecule has 1 spiro atoms. The van der Waals surface area contributed by atoms with Crippen LogP contribution in [0.1, 0.15) is 37.3 Å². The van der Waals surface area contributed by atoms with Crippen molar-refractivity contribution < 1.29 is 14.6 Å². The van der Waals surface area contributed by atoms with Crippen LogP contribution in [0.3, 0.4) is 0 Å². The molecule has 120 valence electrons. The van der Waals surface area contributed by atoms with Crippen LogP contribution in [0.2, 0.25) is 0 Å². The molecule has 2 fully saturated rings. The molecule has 0 bridgehead atoms. The lowest BCUT2D eigenvalue weighted by atomic mass is 9.88. The Labute approximate surface area is 132 Å². The average molecular weight is 303 g/mol. The first-order chi connectivity index (χ1) is 10.6. The van der Waals surface area contributed by atoms with E-state index < -0.39 is 0 Å². The summed E-state index contributed by atoms with van der Waals surface area (Å²) < 4.78 is 11.8. The van der Waals surface area contributed by atoms with E-state index in [0.29, 0.717) is 5.92 Å². The van der Waals surface area contributed by atoms with Gasteiger partial charge >= 0.3 is 0 Å². The molecule has 0 aromatic heterocycles. The minimum absolute atomic E-state index is 0.0612. The van der Waals surface area contributed by atoms with E-state index in [4.69, 9.17) is 9.47 Å². The molecule has 4 rings (SSSR count). The predicted molar refractivity (Wildman–Crippen MR) is 84.4 cm³/mol.